The summed E-state index contributed by atoms with van der Waals surface area (Å²) < 4.78 is 22.3. The Bertz CT molecular complexity index is 1640. The molecule has 0 saturated heterocycles. The average Bonchev–Trinajstić information content (AvgIpc) is 2.99. The molecule has 0 amide bonds. The fraction of sp³-hybridized carbons (Fsp3) is 0.0968. The summed E-state index contributed by atoms with van der Waals surface area (Å²) in [6, 6.07) is 29.5. The predicted octanol–water partition coefficient (Wildman–Crippen LogP) is 5.38. The van der Waals surface area contributed by atoms with Crippen molar-refractivity contribution in [1.29, 1.82) is 5.26 Å². The first-order chi connectivity index (χ1) is 19.9. The molecular formula is C31H23N3O7. The molecule has 41 heavy (non-hydrogen) atoms. The van der Waals surface area contributed by atoms with Gasteiger partial charge in [-0.25, -0.2) is 4.79 Å². The predicted molar refractivity (Wildman–Crippen MR) is 147 cm³/mol. The van der Waals surface area contributed by atoms with Crippen LogP contribution in [0.25, 0.3) is 0 Å². The molecule has 10 nitrogen and oxygen atoms in total. The first-order valence-electron chi connectivity index (χ1n) is 12.5. The van der Waals surface area contributed by atoms with Crippen LogP contribution < -0.4 is 24.7 Å². The van der Waals surface area contributed by atoms with E-state index in [1.807, 2.05) is 54.6 Å². The number of carbonyl (C=O) groups is 1. The number of non-ortho nitro benzene ring substituents is 1. The summed E-state index contributed by atoms with van der Waals surface area (Å²) in [6.45, 7) is 0.00862. The lowest BCUT2D eigenvalue weighted by Crippen LogP contribution is -2.21. The Balaban J connectivity index is 1.28. The minimum absolute atomic E-state index is 0.0422. The molecule has 0 bridgehead atoms. The second kappa shape index (κ2) is 11.9. The number of carbonyl (C=O) groups excluding carboxylic acids is 1. The number of nitriles is 1. The van der Waals surface area contributed by atoms with Crippen LogP contribution in [0.3, 0.4) is 0 Å². The maximum atomic E-state index is 12.4. The van der Waals surface area contributed by atoms with Gasteiger partial charge in [0, 0.05) is 23.8 Å². The van der Waals surface area contributed by atoms with E-state index in [1.54, 1.807) is 12.1 Å². The zero-order valence-corrected chi connectivity index (χ0v) is 21.6. The van der Waals surface area contributed by atoms with Crippen LogP contribution in [0.15, 0.2) is 109 Å². The number of hydrogen-bond donors (Lipinski definition) is 1. The number of nitrogens with zero attached hydrogens (tertiary/aromatic N) is 2. The van der Waals surface area contributed by atoms with Gasteiger partial charge >= 0.3 is 5.97 Å². The maximum Gasteiger partial charge on any atom is 0.349 e. The second-order valence-corrected chi connectivity index (χ2v) is 8.98. The normalized spacial score (nSPS) is 13.8. The van der Waals surface area contributed by atoms with Gasteiger partial charge in [0.1, 0.15) is 41.2 Å². The first-order valence-corrected chi connectivity index (χ1v) is 12.5. The summed E-state index contributed by atoms with van der Waals surface area (Å²) in [6.07, 6.45) is 0. The number of hydrogen-bond acceptors (Lipinski definition) is 9. The van der Waals surface area contributed by atoms with Gasteiger partial charge in [0.05, 0.1) is 10.8 Å². The molecule has 1 aliphatic heterocycles. The molecule has 10 heteroatoms. The van der Waals surface area contributed by atoms with Crippen LogP contribution in [0.1, 0.15) is 22.6 Å². The molecule has 0 radical (unpaired) electrons. The Kier molecular flexibility index (Phi) is 7.79. The van der Waals surface area contributed by atoms with E-state index in [4.69, 9.17) is 24.7 Å². The molecule has 2 N–H and O–H groups in total. The van der Waals surface area contributed by atoms with E-state index in [2.05, 4.69) is 6.07 Å². The van der Waals surface area contributed by atoms with Crippen molar-refractivity contribution in [3.05, 3.63) is 135 Å². The second-order valence-electron chi connectivity index (χ2n) is 8.98. The Hall–Kier alpha value is -5.82. The minimum atomic E-state index is -0.692. The molecule has 0 spiro atoms. The van der Waals surface area contributed by atoms with Crippen LogP contribution in [0, 0.1) is 21.4 Å². The van der Waals surface area contributed by atoms with Crippen molar-refractivity contribution in [2.75, 3.05) is 6.61 Å². The summed E-state index contributed by atoms with van der Waals surface area (Å²) >= 11 is 0. The summed E-state index contributed by atoms with van der Waals surface area (Å²) in [7, 11) is 0. The van der Waals surface area contributed by atoms with Crippen LogP contribution in [0.4, 0.5) is 5.69 Å². The molecule has 1 unspecified atom stereocenters. The first kappa shape index (κ1) is 26.8. The van der Waals surface area contributed by atoms with Crippen LogP contribution >= 0.6 is 0 Å². The number of esters is 1. The molecule has 4 aromatic carbocycles. The van der Waals surface area contributed by atoms with Crippen LogP contribution in [-0.2, 0) is 11.4 Å². The van der Waals surface area contributed by atoms with Gasteiger partial charge < -0.3 is 24.7 Å². The molecule has 0 fully saturated rings. The van der Waals surface area contributed by atoms with Gasteiger partial charge in [-0.15, -0.1) is 0 Å². The summed E-state index contributed by atoms with van der Waals surface area (Å²) in [5.74, 6) is 0.265. The molecule has 0 aromatic heterocycles. The maximum absolute atomic E-state index is 12.4. The fourth-order valence-electron chi connectivity index (χ4n) is 4.31. The van der Waals surface area contributed by atoms with E-state index in [0.29, 0.717) is 23.7 Å². The van der Waals surface area contributed by atoms with Crippen molar-refractivity contribution in [1.82, 2.24) is 0 Å². The van der Waals surface area contributed by atoms with E-state index in [0.717, 1.165) is 11.1 Å². The monoisotopic (exact) mass is 549 g/mol. The number of allylic oxidation sites excluding steroid dienone is 1. The van der Waals surface area contributed by atoms with Gasteiger partial charge in [-0.2, -0.15) is 5.26 Å². The molecule has 4 aromatic rings. The lowest BCUT2D eigenvalue weighted by atomic mass is 9.83. The number of nitro groups is 1. The molecule has 1 atom stereocenters. The van der Waals surface area contributed by atoms with Crippen molar-refractivity contribution in [2.24, 2.45) is 5.73 Å². The van der Waals surface area contributed by atoms with E-state index < -0.39 is 23.4 Å². The summed E-state index contributed by atoms with van der Waals surface area (Å²) in [5.41, 5.74) is 8.81. The molecule has 5 rings (SSSR count). The van der Waals surface area contributed by atoms with Crippen LogP contribution in [0.2, 0.25) is 0 Å². The van der Waals surface area contributed by atoms with Crippen molar-refractivity contribution in [3.8, 4) is 29.1 Å². The highest BCUT2D eigenvalue weighted by molar-refractivity contribution is 5.74. The number of nitrogens with two attached hydrogens (primary N) is 1. The topological polar surface area (TPSA) is 147 Å². The third-order valence-corrected chi connectivity index (χ3v) is 6.29. The highest BCUT2D eigenvalue weighted by Gasteiger charge is 2.31. The van der Waals surface area contributed by atoms with Crippen molar-refractivity contribution in [3.63, 3.8) is 0 Å². The van der Waals surface area contributed by atoms with Crippen LogP contribution in [0.5, 0.6) is 23.0 Å². The molecule has 0 saturated carbocycles. The zero-order chi connectivity index (χ0) is 28.8. The smallest absolute Gasteiger partial charge is 0.349 e. The Morgan fingerprint density at radius 2 is 1.59 bits per heavy atom. The van der Waals surface area contributed by atoms with Crippen molar-refractivity contribution >= 4 is 11.7 Å². The van der Waals surface area contributed by atoms with Crippen molar-refractivity contribution in [2.45, 2.75) is 12.5 Å². The lowest BCUT2D eigenvalue weighted by molar-refractivity contribution is -0.384. The SMILES string of the molecule is N#CC1=C(N)Oc2cc(OC(=O)COc3ccc([N+](=O)[O-])cc3)ccc2C1c1ccc(OCc2ccccc2)cc1. The fourth-order valence-corrected chi connectivity index (χ4v) is 4.31. The highest BCUT2D eigenvalue weighted by atomic mass is 16.6. The van der Waals surface area contributed by atoms with Crippen molar-refractivity contribution < 1.29 is 28.7 Å². The number of fused-ring (bicyclic) bond motifs is 1. The molecule has 0 aliphatic carbocycles. The molecular weight excluding hydrogens is 526 g/mol. The molecule has 1 aliphatic rings. The average molecular weight is 550 g/mol. The number of nitro benzene ring substituents is 1. The van der Waals surface area contributed by atoms with E-state index >= 15 is 0 Å². The third kappa shape index (κ3) is 6.26. The van der Waals surface area contributed by atoms with Gasteiger partial charge in [-0.05, 0) is 41.5 Å². The zero-order valence-electron chi connectivity index (χ0n) is 21.6. The largest absolute Gasteiger partial charge is 0.489 e. The number of benzene rings is 4. The van der Waals surface area contributed by atoms with Gasteiger partial charge in [0.25, 0.3) is 5.69 Å². The Morgan fingerprint density at radius 3 is 2.27 bits per heavy atom. The van der Waals surface area contributed by atoms with E-state index in [9.17, 15) is 20.2 Å². The minimum Gasteiger partial charge on any atom is -0.489 e. The molecule has 1 heterocycles. The number of rotatable bonds is 9. The van der Waals surface area contributed by atoms with E-state index in [-0.39, 0.29) is 28.6 Å². The lowest BCUT2D eigenvalue weighted by Gasteiger charge is -2.26. The van der Waals surface area contributed by atoms with Crippen LogP contribution in [-0.4, -0.2) is 17.5 Å². The number of ether oxygens (including phenoxy) is 4. The van der Waals surface area contributed by atoms with E-state index in [1.165, 1.54) is 30.3 Å². The van der Waals surface area contributed by atoms with Gasteiger partial charge in [-0.3, -0.25) is 10.1 Å². The van der Waals surface area contributed by atoms with Gasteiger partial charge in [0.2, 0.25) is 5.88 Å². The Morgan fingerprint density at radius 1 is 0.927 bits per heavy atom. The summed E-state index contributed by atoms with van der Waals surface area (Å²) in [4.78, 5) is 22.6. The van der Waals surface area contributed by atoms with Gasteiger partial charge in [0.15, 0.2) is 6.61 Å². The summed E-state index contributed by atoms with van der Waals surface area (Å²) in [5, 5.41) is 20.6. The third-order valence-electron chi connectivity index (χ3n) is 6.29. The standard InChI is InChI=1S/C31H23N3O7/c32-17-27-30(21-6-10-23(11-7-21)38-18-20-4-2-1-3-5-20)26-15-14-25(16-28(26)41-31(27)33)40-29(35)19-39-24-12-8-22(9-13-24)34(36)37/h1-16,30H,18-19,33H2. The molecule has 204 valence electrons. The quantitative estimate of drug-likeness (QED) is 0.126. The van der Waals surface area contributed by atoms with Gasteiger partial charge in [-0.1, -0.05) is 48.5 Å². The highest BCUT2D eigenvalue weighted by Crippen LogP contribution is 2.43. The Labute approximate surface area is 234 Å².